The Morgan fingerprint density at radius 1 is 1.23 bits per heavy atom. The fourth-order valence-corrected chi connectivity index (χ4v) is 1.33. The van der Waals surface area contributed by atoms with Crippen LogP contribution in [0.5, 0.6) is 0 Å². The highest BCUT2D eigenvalue weighted by molar-refractivity contribution is 5.53. The van der Waals surface area contributed by atoms with Gasteiger partial charge in [-0.3, -0.25) is 0 Å². The standard InChI is InChI=1S/C12H16O/c1-3-11-4-6-12(7-5-11)8-10(2)9-13/h4-7,9-10H,3,8H2,1-2H3/t10-/m1/s1. The van der Waals surface area contributed by atoms with Crippen molar-refractivity contribution in [3.63, 3.8) is 0 Å². The SMILES string of the molecule is CCc1ccc(C[C@@H](C)C=O)cc1. The first kappa shape index (κ1) is 9.97. The van der Waals surface area contributed by atoms with E-state index in [4.69, 9.17) is 0 Å². The largest absolute Gasteiger partial charge is 0.303 e. The predicted octanol–water partition coefficient (Wildman–Crippen LogP) is 2.63. The lowest BCUT2D eigenvalue weighted by molar-refractivity contribution is -0.110. The van der Waals surface area contributed by atoms with Gasteiger partial charge in [-0.25, -0.2) is 0 Å². The second-order valence-corrected chi connectivity index (χ2v) is 3.49. The van der Waals surface area contributed by atoms with Gasteiger partial charge in [0.15, 0.2) is 0 Å². The maximum atomic E-state index is 10.4. The number of carbonyl (C=O) groups is 1. The van der Waals surface area contributed by atoms with Crippen LogP contribution in [0.1, 0.15) is 25.0 Å². The van der Waals surface area contributed by atoms with Gasteiger partial charge in [-0.05, 0) is 24.0 Å². The van der Waals surface area contributed by atoms with Gasteiger partial charge in [0.1, 0.15) is 6.29 Å². The Morgan fingerprint density at radius 3 is 2.23 bits per heavy atom. The van der Waals surface area contributed by atoms with E-state index in [0.29, 0.717) is 0 Å². The first-order chi connectivity index (χ1) is 6.26. The molecular weight excluding hydrogens is 160 g/mol. The molecule has 0 aliphatic rings. The molecule has 0 unspecified atom stereocenters. The fraction of sp³-hybridized carbons (Fsp3) is 0.417. The number of rotatable bonds is 4. The van der Waals surface area contributed by atoms with E-state index in [2.05, 4.69) is 31.2 Å². The molecule has 0 spiro atoms. The van der Waals surface area contributed by atoms with Gasteiger partial charge >= 0.3 is 0 Å². The summed E-state index contributed by atoms with van der Waals surface area (Å²) >= 11 is 0. The number of hydrogen-bond donors (Lipinski definition) is 0. The van der Waals surface area contributed by atoms with E-state index in [0.717, 1.165) is 19.1 Å². The highest BCUT2D eigenvalue weighted by Crippen LogP contribution is 2.09. The van der Waals surface area contributed by atoms with Crippen molar-refractivity contribution in [1.29, 1.82) is 0 Å². The molecule has 0 aliphatic heterocycles. The van der Waals surface area contributed by atoms with Crippen LogP contribution in [0.3, 0.4) is 0 Å². The zero-order chi connectivity index (χ0) is 9.68. The molecule has 1 aromatic rings. The second kappa shape index (κ2) is 4.80. The zero-order valence-electron chi connectivity index (χ0n) is 8.29. The van der Waals surface area contributed by atoms with E-state index in [1.165, 1.54) is 11.1 Å². The summed E-state index contributed by atoms with van der Waals surface area (Å²) in [6.07, 6.45) is 2.94. The van der Waals surface area contributed by atoms with Gasteiger partial charge in [0.05, 0.1) is 0 Å². The van der Waals surface area contributed by atoms with Crippen LogP contribution < -0.4 is 0 Å². The third-order valence-corrected chi connectivity index (χ3v) is 2.22. The monoisotopic (exact) mass is 176 g/mol. The van der Waals surface area contributed by atoms with Crippen LogP contribution >= 0.6 is 0 Å². The number of aldehydes is 1. The summed E-state index contributed by atoms with van der Waals surface area (Å²) in [5, 5.41) is 0. The third kappa shape index (κ3) is 3.02. The maximum absolute atomic E-state index is 10.4. The Hall–Kier alpha value is -1.11. The lowest BCUT2D eigenvalue weighted by atomic mass is 10.0. The van der Waals surface area contributed by atoms with Gasteiger partial charge in [0, 0.05) is 5.92 Å². The minimum absolute atomic E-state index is 0.132. The van der Waals surface area contributed by atoms with Crippen LogP contribution in [0, 0.1) is 5.92 Å². The molecular formula is C12H16O. The van der Waals surface area contributed by atoms with Crippen molar-refractivity contribution < 1.29 is 4.79 Å². The van der Waals surface area contributed by atoms with E-state index in [1.54, 1.807) is 0 Å². The molecule has 0 radical (unpaired) electrons. The summed E-state index contributed by atoms with van der Waals surface area (Å²) in [5.41, 5.74) is 2.60. The van der Waals surface area contributed by atoms with Crippen LogP contribution in [0.4, 0.5) is 0 Å². The molecule has 1 rings (SSSR count). The Labute approximate surface area is 79.8 Å². The molecule has 1 heteroatoms. The minimum atomic E-state index is 0.132. The van der Waals surface area contributed by atoms with Crippen molar-refractivity contribution in [3.8, 4) is 0 Å². The van der Waals surface area contributed by atoms with Gasteiger partial charge in [0.2, 0.25) is 0 Å². The first-order valence-corrected chi connectivity index (χ1v) is 4.79. The van der Waals surface area contributed by atoms with Crippen LogP contribution in [-0.4, -0.2) is 6.29 Å². The Kier molecular flexibility index (Phi) is 3.69. The van der Waals surface area contributed by atoms with Crippen molar-refractivity contribution in [3.05, 3.63) is 35.4 Å². The van der Waals surface area contributed by atoms with Crippen molar-refractivity contribution in [2.24, 2.45) is 5.92 Å². The smallest absolute Gasteiger partial charge is 0.123 e. The average molecular weight is 176 g/mol. The molecule has 1 nitrogen and oxygen atoms in total. The number of carbonyl (C=O) groups excluding carboxylic acids is 1. The molecule has 0 aliphatic carbocycles. The quantitative estimate of drug-likeness (QED) is 0.644. The van der Waals surface area contributed by atoms with E-state index < -0.39 is 0 Å². The topological polar surface area (TPSA) is 17.1 Å². The molecule has 70 valence electrons. The molecule has 0 amide bonds. The second-order valence-electron chi connectivity index (χ2n) is 3.49. The average Bonchev–Trinajstić information content (AvgIpc) is 2.19. The molecule has 0 N–H and O–H groups in total. The maximum Gasteiger partial charge on any atom is 0.123 e. The molecule has 1 aromatic carbocycles. The number of hydrogen-bond acceptors (Lipinski definition) is 1. The summed E-state index contributed by atoms with van der Waals surface area (Å²) in [4.78, 5) is 10.4. The number of benzene rings is 1. The van der Waals surface area contributed by atoms with Crippen LogP contribution in [0.2, 0.25) is 0 Å². The molecule has 0 aromatic heterocycles. The summed E-state index contributed by atoms with van der Waals surface area (Å²) in [6, 6.07) is 8.48. The van der Waals surface area contributed by atoms with Gasteiger partial charge in [-0.2, -0.15) is 0 Å². The van der Waals surface area contributed by atoms with Gasteiger partial charge in [-0.15, -0.1) is 0 Å². The molecule has 0 heterocycles. The van der Waals surface area contributed by atoms with E-state index in [1.807, 2.05) is 6.92 Å². The normalized spacial score (nSPS) is 12.5. The highest BCUT2D eigenvalue weighted by atomic mass is 16.1. The van der Waals surface area contributed by atoms with Crippen LogP contribution in [0.15, 0.2) is 24.3 Å². The van der Waals surface area contributed by atoms with Crippen molar-refractivity contribution in [2.75, 3.05) is 0 Å². The van der Waals surface area contributed by atoms with Crippen molar-refractivity contribution in [1.82, 2.24) is 0 Å². The van der Waals surface area contributed by atoms with E-state index >= 15 is 0 Å². The molecule has 13 heavy (non-hydrogen) atoms. The summed E-state index contributed by atoms with van der Waals surface area (Å²) in [5.74, 6) is 0.132. The molecule has 0 saturated carbocycles. The third-order valence-electron chi connectivity index (χ3n) is 2.22. The van der Waals surface area contributed by atoms with Crippen LogP contribution in [0.25, 0.3) is 0 Å². The molecule has 0 saturated heterocycles. The summed E-state index contributed by atoms with van der Waals surface area (Å²) in [6.45, 7) is 4.09. The van der Waals surface area contributed by atoms with Crippen molar-refractivity contribution in [2.45, 2.75) is 26.7 Å². The lowest BCUT2D eigenvalue weighted by Crippen LogP contribution is -2.00. The van der Waals surface area contributed by atoms with Crippen LogP contribution in [-0.2, 0) is 17.6 Å². The van der Waals surface area contributed by atoms with Gasteiger partial charge < -0.3 is 4.79 Å². The minimum Gasteiger partial charge on any atom is -0.303 e. The predicted molar refractivity (Wildman–Crippen MR) is 54.8 cm³/mol. The highest BCUT2D eigenvalue weighted by Gasteiger charge is 2.00. The first-order valence-electron chi connectivity index (χ1n) is 4.79. The van der Waals surface area contributed by atoms with Gasteiger partial charge in [0.25, 0.3) is 0 Å². The Balaban J connectivity index is 2.63. The molecule has 0 bridgehead atoms. The number of aryl methyl sites for hydroxylation is 1. The van der Waals surface area contributed by atoms with E-state index in [9.17, 15) is 4.79 Å². The fourth-order valence-electron chi connectivity index (χ4n) is 1.33. The summed E-state index contributed by atoms with van der Waals surface area (Å²) in [7, 11) is 0. The Morgan fingerprint density at radius 2 is 1.77 bits per heavy atom. The van der Waals surface area contributed by atoms with Gasteiger partial charge in [-0.1, -0.05) is 38.1 Å². The zero-order valence-corrected chi connectivity index (χ0v) is 8.29. The van der Waals surface area contributed by atoms with Crippen molar-refractivity contribution >= 4 is 6.29 Å². The lowest BCUT2D eigenvalue weighted by Gasteiger charge is -2.04. The van der Waals surface area contributed by atoms with E-state index in [-0.39, 0.29) is 5.92 Å². The molecule has 0 fully saturated rings. The molecule has 1 atom stereocenters. The summed E-state index contributed by atoms with van der Waals surface area (Å²) < 4.78 is 0. The Bertz CT molecular complexity index is 261.